The van der Waals surface area contributed by atoms with Crippen LogP contribution in [0.4, 0.5) is 5.88 Å². The number of hydrogen-bond donors (Lipinski definition) is 0. The van der Waals surface area contributed by atoms with Crippen LogP contribution < -0.4 is 24.5 Å². The Hall–Kier alpha value is -3.63. The number of allylic oxidation sites excluding steroid dienone is 1. The molecule has 1 fully saturated rings. The van der Waals surface area contributed by atoms with E-state index in [-0.39, 0.29) is 12.2 Å². The highest BCUT2D eigenvalue weighted by atomic mass is 32.1. The number of carbonyl (C=O) groups is 1. The van der Waals surface area contributed by atoms with Crippen LogP contribution in [0, 0.1) is 0 Å². The third kappa shape index (κ3) is 4.49. The summed E-state index contributed by atoms with van der Waals surface area (Å²) < 4.78 is 24.1. The zero-order valence-corrected chi connectivity index (χ0v) is 21.2. The van der Waals surface area contributed by atoms with Gasteiger partial charge in [-0.3, -0.25) is 9.36 Å². The van der Waals surface area contributed by atoms with E-state index in [0.29, 0.717) is 45.3 Å². The Morgan fingerprint density at radius 2 is 1.94 bits per heavy atom. The van der Waals surface area contributed by atoms with E-state index in [9.17, 15) is 9.59 Å². The molecule has 1 aromatic carbocycles. The highest BCUT2D eigenvalue weighted by Crippen LogP contribution is 2.31. The Morgan fingerprint density at radius 3 is 2.64 bits per heavy atom. The molecule has 2 aromatic heterocycles. The number of thiazole rings is 1. The molecule has 4 heterocycles. The van der Waals surface area contributed by atoms with Gasteiger partial charge in [-0.05, 0) is 37.6 Å². The Bertz CT molecular complexity index is 1470. The van der Waals surface area contributed by atoms with Crippen molar-refractivity contribution < 1.29 is 23.4 Å². The number of morpholine rings is 1. The maximum absolute atomic E-state index is 13.7. The van der Waals surface area contributed by atoms with Gasteiger partial charge in [-0.15, -0.1) is 0 Å². The molecule has 1 atom stereocenters. The van der Waals surface area contributed by atoms with Crippen LogP contribution in [-0.2, 0) is 14.3 Å². The fourth-order valence-corrected chi connectivity index (χ4v) is 5.42. The predicted molar refractivity (Wildman–Crippen MR) is 135 cm³/mol. The molecule has 36 heavy (non-hydrogen) atoms. The van der Waals surface area contributed by atoms with Gasteiger partial charge >= 0.3 is 5.97 Å². The van der Waals surface area contributed by atoms with Gasteiger partial charge in [0.1, 0.15) is 11.5 Å². The van der Waals surface area contributed by atoms with Gasteiger partial charge in [0.15, 0.2) is 10.7 Å². The van der Waals surface area contributed by atoms with E-state index in [1.807, 2.05) is 24.3 Å². The largest absolute Gasteiger partial charge is 0.497 e. The van der Waals surface area contributed by atoms with Crippen LogP contribution in [0.2, 0.25) is 0 Å². The van der Waals surface area contributed by atoms with E-state index in [2.05, 4.69) is 9.89 Å². The van der Waals surface area contributed by atoms with Crippen molar-refractivity contribution in [3.8, 4) is 5.75 Å². The lowest BCUT2D eigenvalue weighted by Gasteiger charge is -2.26. The second kappa shape index (κ2) is 10.2. The third-order valence-electron chi connectivity index (χ3n) is 6.16. The van der Waals surface area contributed by atoms with Gasteiger partial charge in [0.2, 0.25) is 0 Å². The van der Waals surface area contributed by atoms with Crippen molar-refractivity contribution in [2.24, 2.45) is 4.99 Å². The van der Waals surface area contributed by atoms with Crippen molar-refractivity contribution in [2.45, 2.75) is 19.9 Å². The zero-order chi connectivity index (χ0) is 25.2. The molecular weight excluding hydrogens is 482 g/mol. The lowest BCUT2D eigenvalue weighted by Crippen LogP contribution is -2.39. The van der Waals surface area contributed by atoms with E-state index in [1.165, 1.54) is 11.3 Å². The van der Waals surface area contributed by atoms with E-state index < -0.39 is 12.0 Å². The van der Waals surface area contributed by atoms with Crippen LogP contribution in [0.15, 0.2) is 61.9 Å². The summed E-state index contributed by atoms with van der Waals surface area (Å²) in [6.45, 7) is 6.56. The molecule has 0 bridgehead atoms. The standard InChI is InChI=1S/C26H27N3O6S/c1-4-34-25(31)22-16(2)27-26-29(23(22)17-5-7-18(32-3)8-6-17)24(30)20(36-26)15-19-9-10-21(35-19)28-11-13-33-14-12-28/h5-10,15,23H,4,11-14H2,1-3H3/t23-/m1/s1. The van der Waals surface area contributed by atoms with Gasteiger partial charge in [0.05, 0.1) is 48.8 Å². The first-order chi connectivity index (χ1) is 17.5. The summed E-state index contributed by atoms with van der Waals surface area (Å²) in [5, 5.41) is 0. The SMILES string of the molecule is CCOC(=O)C1=C(C)N=c2sc(=Cc3ccc(N4CCOCC4)o3)c(=O)n2[C@@H]1c1ccc(OC)cc1. The fraction of sp³-hybridized carbons (Fsp3) is 0.346. The summed E-state index contributed by atoms with van der Waals surface area (Å²) in [7, 11) is 1.59. The molecule has 2 aliphatic rings. The first-order valence-corrected chi connectivity index (χ1v) is 12.6. The predicted octanol–water partition coefficient (Wildman–Crippen LogP) is 2.24. The molecule has 0 aliphatic carbocycles. The molecule has 0 saturated carbocycles. The molecule has 3 aromatic rings. The number of benzene rings is 1. The van der Waals surface area contributed by atoms with Gasteiger partial charge in [-0.2, -0.15) is 0 Å². The number of methoxy groups -OCH3 is 1. The average Bonchev–Trinajstić information content (AvgIpc) is 3.48. The number of ether oxygens (including phenoxy) is 3. The Labute approximate surface area is 211 Å². The van der Waals surface area contributed by atoms with Crippen LogP contribution in [-0.4, -0.2) is 50.6 Å². The number of anilines is 1. The van der Waals surface area contributed by atoms with Crippen molar-refractivity contribution in [3.05, 3.63) is 78.7 Å². The molecule has 0 N–H and O–H groups in total. The summed E-state index contributed by atoms with van der Waals surface area (Å²) in [6, 6.07) is 10.4. The second-order valence-corrected chi connectivity index (χ2v) is 9.36. The van der Waals surface area contributed by atoms with Crippen molar-refractivity contribution in [1.82, 2.24) is 4.57 Å². The van der Waals surface area contributed by atoms with Gasteiger partial charge in [0.25, 0.3) is 5.56 Å². The highest BCUT2D eigenvalue weighted by Gasteiger charge is 2.33. The molecule has 5 rings (SSSR count). The normalized spacial score (nSPS) is 18.1. The van der Waals surface area contributed by atoms with Crippen LogP contribution in [0.1, 0.15) is 31.2 Å². The zero-order valence-electron chi connectivity index (χ0n) is 20.4. The maximum atomic E-state index is 13.7. The van der Waals surface area contributed by atoms with E-state index >= 15 is 0 Å². The number of fused-ring (bicyclic) bond motifs is 1. The third-order valence-corrected chi connectivity index (χ3v) is 7.14. The molecule has 2 aliphatic heterocycles. The lowest BCUT2D eigenvalue weighted by molar-refractivity contribution is -0.139. The molecule has 0 spiro atoms. The number of hydrogen-bond acceptors (Lipinski definition) is 9. The monoisotopic (exact) mass is 509 g/mol. The molecule has 10 heteroatoms. The van der Waals surface area contributed by atoms with Crippen molar-refractivity contribution in [3.63, 3.8) is 0 Å². The minimum Gasteiger partial charge on any atom is -0.497 e. The number of carbonyl (C=O) groups excluding carboxylic acids is 1. The van der Waals surface area contributed by atoms with Crippen LogP contribution >= 0.6 is 11.3 Å². The summed E-state index contributed by atoms with van der Waals surface area (Å²) in [5.74, 6) is 1.51. The van der Waals surface area contributed by atoms with Gasteiger partial charge in [-0.25, -0.2) is 9.79 Å². The smallest absolute Gasteiger partial charge is 0.338 e. The molecule has 9 nitrogen and oxygen atoms in total. The van der Waals surface area contributed by atoms with E-state index in [0.717, 1.165) is 24.5 Å². The van der Waals surface area contributed by atoms with Gasteiger partial charge < -0.3 is 23.5 Å². The number of rotatable bonds is 6. The highest BCUT2D eigenvalue weighted by molar-refractivity contribution is 7.07. The van der Waals surface area contributed by atoms with Crippen molar-refractivity contribution in [2.75, 3.05) is 44.9 Å². The quantitative estimate of drug-likeness (QED) is 0.471. The first-order valence-electron chi connectivity index (χ1n) is 11.8. The molecule has 188 valence electrons. The minimum absolute atomic E-state index is 0.222. The second-order valence-electron chi connectivity index (χ2n) is 8.35. The fourth-order valence-electron chi connectivity index (χ4n) is 4.40. The number of aromatic nitrogens is 1. The summed E-state index contributed by atoms with van der Waals surface area (Å²) >= 11 is 1.26. The van der Waals surface area contributed by atoms with Crippen molar-refractivity contribution in [1.29, 1.82) is 0 Å². The average molecular weight is 510 g/mol. The van der Waals surface area contributed by atoms with Crippen LogP contribution in [0.25, 0.3) is 6.08 Å². The summed E-state index contributed by atoms with van der Waals surface area (Å²) in [4.78, 5) is 33.9. The maximum Gasteiger partial charge on any atom is 0.338 e. The molecule has 0 unspecified atom stereocenters. The van der Waals surface area contributed by atoms with Crippen LogP contribution in [0.3, 0.4) is 0 Å². The first kappa shape index (κ1) is 24.1. The topological polar surface area (TPSA) is 95.5 Å². The molecule has 0 amide bonds. The van der Waals surface area contributed by atoms with Gasteiger partial charge in [0, 0.05) is 25.2 Å². The van der Waals surface area contributed by atoms with Crippen LogP contribution in [0.5, 0.6) is 5.75 Å². The number of esters is 1. The summed E-state index contributed by atoms with van der Waals surface area (Å²) in [6.07, 6.45) is 1.72. The number of nitrogens with zero attached hydrogens (tertiary/aromatic N) is 3. The van der Waals surface area contributed by atoms with Crippen molar-refractivity contribution >= 4 is 29.3 Å². The van der Waals surface area contributed by atoms with E-state index in [4.69, 9.17) is 18.6 Å². The molecule has 1 saturated heterocycles. The number of furan rings is 1. The minimum atomic E-state index is -0.672. The lowest BCUT2D eigenvalue weighted by atomic mass is 9.96. The summed E-state index contributed by atoms with van der Waals surface area (Å²) in [5.41, 5.74) is 1.37. The molecular formula is C26H27N3O6S. The van der Waals surface area contributed by atoms with E-state index in [1.54, 1.807) is 43.7 Å². The molecule has 0 radical (unpaired) electrons. The Morgan fingerprint density at radius 1 is 1.19 bits per heavy atom. The Kier molecular flexibility index (Phi) is 6.80. The van der Waals surface area contributed by atoms with Gasteiger partial charge in [-0.1, -0.05) is 23.5 Å². The Balaban J connectivity index is 1.60.